The summed E-state index contributed by atoms with van der Waals surface area (Å²) in [6.07, 6.45) is 5.71. The summed E-state index contributed by atoms with van der Waals surface area (Å²) in [5.74, 6) is 0. The predicted octanol–water partition coefficient (Wildman–Crippen LogP) is 1.46. The molecular weight excluding hydrogens is 304 g/mol. The Balaban J connectivity index is 1.50. The average Bonchev–Trinajstić information content (AvgIpc) is 3.00. The number of carbonyl (C=O) groups is 1. The SMILES string of the molecule is Cc1cc(C)c(CNC(=O)N2CCN(c3cnn(C)c3)CC2)cn1. The minimum atomic E-state index is -0.0131. The first-order chi connectivity index (χ1) is 11.5. The van der Waals surface area contributed by atoms with E-state index in [9.17, 15) is 4.79 Å². The molecule has 1 N–H and O–H groups in total. The molecule has 0 radical (unpaired) electrons. The van der Waals surface area contributed by atoms with E-state index in [1.54, 1.807) is 4.68 Å². The summed E-state index contributed by atoms with van der Waals surface area (Å²) in [5.41, 5.74) is 4.32. The number of nitrogens with zero attached hydrogens (tertiary/aromatic N) is 5. The van der Waals surface area contributed by atoms with Gasteiger partial charge in [0.05, 0.1) is 11.9 Å². The van der Waals surface area contributed by atoms with E-state index in [2.05, 4.69) is 20.3 Å². The Hall–Kier alpha value is -2.57. The van der Waals surface area contributed by atoms with Gasteiger partial charge in [-0.3, -0.25) is 9.67 Å². The van der Waals surface area contributed by atoms with Gasteiger partial charge in [0, 0.05) is 57.9 Å². The van der Waals surface area contributed by atoms with Crippen molar-refractivity contribution in [1.29, 1.82) is 0 Å². The Labute approximate surface area is 142 Å². The Kier molecular flexibility index (Phi) is 4.69. The number of aromatic nitrogens is 3. The molecule has 2 amide bonds. The molecule has 0 bridgehead atoms. The first-order valence-corrected chi connectivity index (χ1v) is 8.21. The van der Waals surface area contributed by atoms with Crippen LogP contribution in [0.4, 0.5) is 10.5 Å². The minimum absolute atomic E-state index is 0.0131. The third-order valence-corrected chi connectivity index (χ3v) is 4.41. The first kappa shape index (κ1) is 16.3. The number of rotatable bonds is 3. The standard InChI is InChI=1S/C17H24N6O/c1-13-8-14(2)18-9-15(13)10-19-17(24)23-6-4-22(5-7-23)16-11-20-21(3)12-16/h8-9,11-12H,4-7,10H2,1-3H3,(H,19,24). The molecule has 0 aliphatic carbocycles. The number of amides is 2. The molecule has 1 aliphatic heterocycles. The van der Waals surface area contributed by atoms with Crippen molar-refractivity contribution in [2.45, 2.75) is 20.4 Å². The zero-order chi connectivity index (χ0) is 17.1. The summed E-state index contributed by atoms with van der Waals surface area (Å²) in [6.45, 7) is 7.60. The van der Waals surface area contributed by atoms with E-state index < -0.39 is 0 Å². The van der Waals surface area contributed by atoms with Crippen LogP contribution >= 0.6 is 0 Å². The van der Waals surface area contributed by atoms with Crippen LogP contribution < -0.4 is 10.2 Å². The predicted molar refractivity (Wildman–Crippen MR) is 92.9 cm³/mol. The van der Waals surface area contributed by atoms with Gasteiger partial charge >= 0.3 is 6.03 Å². The van der Waals surface area contributed by atoms with E-state index in [1.165, 1.54) is 0 Å². The molecule has 3 heterocycles. The normalized spacial score (nSPS) is 14.8. The second-order valence-corrected chi connectivity index (χ2v) is 6.26. The molecule has 128 valence electrons. The number of pyridine rings is 1. The lowest BCUT2D eigenvalue weighted by Crippen LogP contribution is -2.51. The maximum Gasteiger partial charge on any atom is 0.317 e. The third-order valence-electron chi connectivity index (χ3n) is 4.41. The van der Waals surface area contributed by atoms with Crippen LogP contribution in [-0.2, 0) is 13.6 Å². The molecule has 0 saturated carbocycles. The van der Waals surface area contributed by atoms with Gasteiger partial charge in [-0.05, 0) is 31.0 Å². The van der Waals surface area contributed by atoms with Crippen LogP contribution in [0, 0.1) is 13.8 Å². The van der Waals surface area contributed by atoms with Gasteiger partial charge in [0.2, 0.25) is 0 Å². The van der Waals surface area contributed by atoms with Crippen molar-refractivity contribution in [3.05, 3.63) is 41.5 Å². The molecule has 0 aromatic carbocycles. The number of carbonyl (C=O) groups excluding carboxylic acids is 1. The summed E-state index contributed by atoms with van der Waals surface area (Å²) in [7, 11) is 1.91. The second kappa shape index (κ2) is 6.90. The first-order valence-electron chi connectivity index (χ1n) is 8.21. The van der Waals surface area contributed by atoms with Crippen LogP contribution in [0.3, 0.4) is 0 Å². The van der Waals surface area contributed by atoms with Crippen molar-refractivity contribution >= 4 is 11.7 Å². The zero-order valence-electron chi connectivity index (χ0n) is 14.5. The minimum Gasteiger partial charge on any atom is -0.365 e. The van der Waals surface area contributed by atoms with Crippen LogP contribution in [-0.4, -0.2) is 51.9 Å². The quantitative estimate of drug-likeness (QED) is 0.926. The van der Waals surface area contributed by atoms with Crippen LogP contribution in [0.25, 0.3) is 0 Å². The van der Waals surface area contributed by atoms with Crippen molar-refractivity contribution in [2.75, 3.05) is 31.1 Å². The molecule has 2 aromatic rings. The monoisotopic (exact) mass is 328 g/mol. The van der Waals surface area contributed by atoms with Crippen LogP contribution in [0.15, 0.2) is 24.7 Å². The second-order valence-electron chi connectivity index (χ2n) is 6.26. The molecule has 24 heavy (non-hydrogen) atoms. The fraction of sp³-hybridized carbons (Fsp3) is 0.471. The molecular formula is C17H24N6O. The summed E-state index contributed by atoms with van der Waals surface area (Å²) in [5, 5.41) is 7.20. The third kappa shape index (κ3) is 3.67. The zero-order valence-corrected chi connectivity index (χ0v) is 14.5. The van der Waals surface area contributed by atoms with Crippen LogP contribution in [0.1, 0.15) is 16.8 Å². The highest BCUT2D eigenvalue weighted by atomic mass is 16.2. The Morgan fingerprint density at radius 3 is 2.58 bits per heavy atom. The van der Waals surface area contributed by atoms with E-state index in [0.717, 1.165) is 35.6 Å². The van der Waals surface area contributed by atoms with Gasteiger partial charge in [-0.15, -0.1) is 0 Å². The molecule has 7 heteroatoms. The number of piperazine rings is 1. The molecule has 0 atom stereocenters. The number of hydrogen-bond donors (Lipinski definition) is 1. The molecule has 1 aliphatic rings. The summed E-state index contributed by atoms with van der Waals surface area (Å²) < 4.78 is 1.80. The number of urea groups is 1. The Morgan fingerprint density at radius 2 is 1.96 bits per heavy atom. The van der Waals surface area contributed by atoms with Crippen molar-refractivity contribution in [3.8, 4) is 0 Å². The summed E-state index contributed by atoms with van der Waals surface area (Å²) >= 11 is 0. The fourth-order valence-corrected chi connectivity index (χ4v) is 2.93. The van der Waals surface area contributed by atoms with Crippen molar-refractivity contribution < 1.29 is 4.79 Å². The highest BCUT2D eigenvalue weighted by Gasteiger charge is 2.21. The highest BCUT2D eigenvalue weighted by Crippen LogP contribution is 2.15. The Morgan fingerprint density at radius 1 is 1.21 bits per heavy atom. The van der Waals surface area contributed by atoms with Crippen molar-refractivity contribution in [3.63, 3.8) is 0 Å². The molecule has 3 rings (SSSR count). The molecule has 2 aromatic heterocycles. The molecule has 0 unspecified atom stereocenters. The van der Waals surface area contributed by atoms with E-state index in [-0.39, 0.29) is 6.03 Å². The molecule has 1 fully saturated rings. The average molecular weight is 328 g/mol. The number of anilines is 1. The lowest BCUT2D eigenvalue weighted by atomic mass is 10.1. The van der Waals surface area contributed by atoms with Gasteiger partial charge in [-0.2, -0.15) is 5.10 Å². The van der Waals surface area contributed by atoms with Gasteiger partial charge in [0.1, 0.15) is 0 Å². The highest BCUT2D eigenvalue weighted by molar-refractivity contribution is 5.74. The van der Waals surface area contributed by atoms with Gasteiger partial charge in [-0.1, -0.05) is 0 Å². The Bertz CT molecular complexity index is 718. The molecule has 0 spiro atoms. The number of nitrogens with one attached hydrogen (secondary N) is 1. The molecule has 1 saturated heterocycles. The van der Waals surface area contributed by atoms with Gasteiger partial charge in [0.25, 0.3) is 0 Å². The number of hydrogen-bond acceptors (Lipinski definition) is 4. The largest absolute Gasteiger partial charge is 0.365 e. The number of aryl methyl sites for hydroxylation is 3. The summed E-state index contributed by atoms with van der Waals surface area (Å²) in [4.78, 5) is 20.8. The van der Waals surface area contributed by atoms with E-state index in [1.807, 2.05) is 50.5 Å². The van der Waals surface area contributed by atoms with E-state index in [0.29, 0.717) is 19.6 Å². The molecule has 7 nitrogen and oxygen atoms in total. The van der Waals surface area contributed by atoms with Crippen LogP contribution in [0.5, 0.6) is 0 Å². The smallest absolute Gasteiger partial charge is 0.317 e. The lowest BCUT2D eigenvalue weighted by molar-refractivity contribution is 0.194. The van der Waals surface area contributed by atoms with E-state index in [4.69, 9.17) is 0 Å². The summed E-state index contributed by atoms with van der Waals surface area (Å²) in [6, 6.07) is 2.02. The van der Waals surface area contributed by atoms with E-state index >= 15 is 0 Å². The maximum absolute atomic E-state index is 12.4. The van der Waals surface area contributed by atoms with Gasteiger partial charge in [-0.25, -0.2) is 4.79 Å². The van der Waals surface area contributed by atoms with Crippen molar-refractivity contribution in [1.82, 2.24) is 25.0 Å². The fourth-order valence-electron chi connectivity index (χ4n) is 2.93. The lowest BCUT2D eigenvalue weighted by Gasteiger charge is -2.35. The van der Waals surface area contributed by atoms with Gasteiger partial charge < -0.3 is 15.1 Å². The van der Waals surface area contributed by atoms with Gasteiger partial charge in [0.15, 0.2) is 0 Å². The van der Waals surface area contributed by atoms with Crippen LogP contribution in [0.2, 0.25) is 0 Å². The van der Waals surface area contributed by atoms with Crippen molar-refractivity contribution in [2.24, 2.45) is 7.05 Å². The maximum atomic E-state index is 12.4. The topological polar surface area (TPSA) is 66.3 Å².